The fourth-order valence-electron chi connectivity index (χ4n) is 4.18. The van der Waals surface area contributed by atoms with Crippen LogP contribution < -0.4 is 0 Å². The maximum Gasteiger partial charge on any atom is 0.119 e. The highest BCUT2D eigenvalue weighted by Crippen LogP contribution is 2.41. The van der Waals surface area contributed by atoms with Gasteiger partial charge in [0.15, 0.2) is 0 Å². The third-order valence-electron chi connectivity index (χ3n) is 5.54. The smallest absolute Gasteiger partial charge is 0.119 e. The van der Waals surface area contributed by atoms with Gasteiger partial charge < -0.3 is 5.11 Å². The van der Waals surface area contributed by atoms with Gasteiger partial charge in [-0.05, 0) is 29.7 Å². The molecule has 4 rings (SSSR count). The van der Waals surface area contributed by atoms with E-state index < -0.39 is 5.60 Å². The van der Waals surface area contributed by atoms with Gasteiger partial charge in [-0.1, -0.05) is 91.0 Å². The molecular formula is C24H25NO. The minimum atomic E-state index is -0.950. The molecule has 0 unspecified atom stereocenters. The maximum absolute atomic E-state index is 11.9. The predicted octanol–water partition coefficient (Wildman–Crippen LogP) is 4.44. The molecule has 0 saturated carbocycles. The SMILES string of the molecule is OC(c1ccccc1)(c1ccccc1)[C@H]1CCN(Cc2ccccc2)C1. The second-order valence-electron chi connectivity index (χ2n) is 7.20. The molecule has 0 bridgehead atoms. The molecule has 0 aliphatic carbocycles. The molecule has 0 radical (unpaired) electrons. The van der Waals surface area contributed by atoms with Gasteiger partial charge in [0.25, 0.3) is 0 Å². The van der Waals surface area contributed by atoms with Gasteiger partial charge in [-0.2, -0.15) is 0 Å². The Kier molecular flexibility index (Phi) is 4.87. The van der Waals surface area contributed by atoms with Gasteiger partial charge in [0.05, 0.1) is 0 Å². The van der Waals surface area contributed by atoms with E-state index in [4.69, 9.17) is 0 Å². The summed E-state index contributed by atoms with van der Waals surface area (Å²) in [5.41, 5.74) is 2.35. The number of aliphatic hydroxyl groups is 1. The van der Waals surface area contributed by atoms with Crippen LogP contribution in [0.15, 0.2) is 91.0 Å². The van der Waals surface area contributed by atoms with E-state index in [0.29, 0.717) is 0 Å². The molecule has 2 heteroatoms. The Hall–Kier alpha value is -2.42. The maximum atomic E-state index is 11.9. The Balaban J connectivity index is 1.61. The summed E-state index contributed by atoms with van der Waals surface area (Å²) in [6, 6.07) is 30.8. The van der Waals surface area contributed by atoms with Crippen molar-refractivity contribution in [3.8, 4) is 0 Å². The molecule has 0 spiro atoms. The molecule has 26 heavy (non-hydrogen) atoms. The van der Waals surface area contributed by atoms with Crippen LogP contribution in [0.3, 0.4) is 0 Å². The summed E-state index contributed by atoms with van der Waals surface area (Å²) in [6.45, 7) is 2.85. The Morgan fingerprint density at radius 3 is 1.81 bits per heavy atom. The highest BCUT2D eigenvalue weighted by atomic mass is 16.3. The van der Waals surface area contributed by atoms with Crippen LogP contribution in [-0.4, -0.2) is 23.1 Å². The van der Waals surface area contributed by atoms with E-state index >= 15 is 0 Å². The van der Waals surface area contributed by atoms with E-state index in [1.165, 1.54) is 5.56 Å². The van der Waals surface area contributed by atoms with E-state index in [9.17, 15) is 5.11 Å². The van der Waals surface area contributed by atoms with E-state index in [1.807, 2.05) is 60.7 Å². The van der Waals surface area contributed by atoms with Crippen LogP contribution in [0.4, 0.5) is 0 Å². The molecule has 1 aliphatic rings. The standard InChI is InChI=1S/C24H25NO/c26-24(21-12-6-2-7-13-21,22-14-8-3-9-15-22)23-16-17-25(19-23)18-20-10-4-1-5-11-20/h1-15,23,26H,16-19H2/t23-/m0/s1. The molecule has 1 heterocycles. The van der Waals surface area contributed by atoms with E-state index in [2.05, 4.69) is 35.2 Å². The summed E-state index contributed by atoms with van der Waals surface area (Å²) in [6.07, 6.45) is 0.993. The second-order valence-corrected chi connectivity index (χ2v) is 7.20. The lowest BCUT2D eigenvalue weighted by Crippen LogP contribution is -2.38. The molecule has 1 N–H and O–H groups in total. The van der Waals surface area contributed by atoms with Crippen LogP contribution in [0.2, 0.25) is 0 Å². The molecule has 3 aromatic rings. The number of benzene rings is 3. The van der Waals surface area contributed by atoms with Crippen molar-refractivity contribution in [2.45, 2.75) is 18.6 Å². The van der Waals surface area contributed by atoms with Crippen LogP contribution in [0.1, 0.15) is 23.1 Å². The molecule has 0 aromatic heterocycles. The Morgan fingerprint density at radius 1 is 0.769 bits per heavy atom. The van der Waals surface area contributed by atoms with Crippen LogP contribution in [0.5, 0.6) is 0 Å². The fraction of sp³-hybridized carbons (Fsp3) is 0.250. The summed E-state index contributed by atoms with van der Waals surface area (Å²) in [4.78, 5) is 2.46. The summed E-state index contributed by atoms with van der Waals surface area (Å²) < 4.78 is 0. The number of nitrogens with zero attached hydrogens (tertiary/aromatic N) is 1. The fourth-order valence-corrected chi connectivity index (χ4v) is 4.18. The number of hydrogen-bond acceptors (Lipinski definition) is 2. The van der Waals surface area contributed by atoms with Crippen LogP contribution in [0.25, 0.3) is 0 Å². The number of likely N-dealkylation sites (tertiary alicyclic amines) is 1. The van der Waals surface area contributed by atoms with Crippen molar-refractivity contribution in [3.63, 3.8) is 0 Å². The third-order valence-corrected chi connectivity index (χ3v) is 5.54. The van der Waals surface area contributed by atoms with Crippen LogP contribution >= 0.6 is 0 Å². The molecule has 1 atom stereocenters. The zero-order valence-electron chi connectivity index (χ0n) is 15.0. The van der Waals surface area contributed by atoms with Gasteiger partial charge in [0, 0.05) is 19.0 Å². The Labute approximate surface area is 155 Å². The normalized spacial score (nSPS) is 18.1. The van der Waals surface area contributed by atoms with Gasteiger partial charge in [0.2, 0.25) is 0 Å². The quantitative estimate of drug-likeness (QED) is 0.740. The first-order valence-corrected chi connectivity index (χ1v) is 9.36. The van der Waals surface area contributed by atoms with Gasteiger partial charge in [0.1, 0.15) is 5.60 Å². The van der Waals surface area contributed by atoms with Crippen molar-refractivity contribution < 1.29 is 5.11 Å². The summed E-state index contributed by atoms with van der Waals surface area (Å²) >= 11 is 0. The van der Waals surface area contributed by atoms with Crippen LogP contribution in [-0.2, 0) is 12.1 Å². The molecular weight excluding hydrogens is 318 g/mol. The highest BCUT2D eigenvalue weighted by Gasteiger charge is 2.43. The van der Waals surface area contributed by atoms with Crippen molar-refractivity contribution in [1.29, 1.82) is 0 Å². The summed E-state index contributed by atoms with van der Waals surface area (Å²) in [5, 5.41) is 11.9. The van der Waals surface area contributed by atoms with Gasteiger partial charge in [-0.3, -0.25) is 4.90 Å². The topological polar surface area (TPSA) is 23.5 Å². The lowest BCUT2D eigenvalue weighted by Gasteiger charge is -2.35. The van der Waals surface area contributed by atoms with Gasteiger partial charge in [-0.15, -0.1) is 0 Å². The molecule has 2 nitrogen and oxygen atoms in total. The molecule has 0 amide bonds. The average molecular weight is 343 g/mol. The second kappa shape index (κ2) is 7.45. The van der Waals surface area contributed by atoms with Crippen molar-refractivity contribution in [2.24, 2.45) is 5.92 Å². The van der Waals surface area contributed by atoms with Crippen molar-refractivity contribution in [2.75, 3.05) is 13.1 Å². The zero-order chi connectivity index (χ0) is 17.8. The molecule has 3 aromatic carbocycles. The van der Waals surface area contributed by atoms with Crippen LogP contribution in [0, 0.1) is 5.92 Å². The molecule has 1 saturated heterocycles. The largest absolute Gasteiger partial charge is 0.380 e. The number of hydrogen-bond donors (Lipinski definition) is 1. The molecule has 132 valence electrons. The Morgan fingerprint density at radius 2 is 1.27 bits per heavy atom. The van der Waals surface area contributed by atoms with E-state index in [1.54, 1.807) is 0 Å². The molecule has 1 fully saturated rings. The highest BCUT2D eigenvalue weighted by molar-refractivity contribution is 5.37. The van der Waals surface area contributed by atoms with Crippen molar-refractivity contribution >= 4 is 0 Å². The first-order chi connectivity index (χ1) is 12.8. The summed E-state index contributed by atoms with van der Waals surface area (Å²) in [7, 11) is 0. The first kappa shape index (κ1) is 17.0. The van der Waals surface area contributed by atoms with E-state index in [-0.39, 0.29) is 5.92 Å². The van der Waals surface area contributed by atoms with Crippen molar-refractivity contribution in [3.05, 3.63) is 108 Å². The minimum Gasteiger partial charge on any atom is -0.380 e. The van der Waals surface area contributed by atoms with Gasteiger partial charge in [-0.25, -0.2) is 0 Å². The zero-order valence-corrected chi connectivity index (χ0v) is 15.0. The monoisotopic (exact) mass is 343 g/mol. The number of rotatable bonds is 5. The summed E-state index contributed by atoms with van der Waals surface area (Å²) in [5.74, 6) is 0.177. The minimum absolute atomic E-state index is 0.177. The Bertz CT molecular complexity index is 777. The van der Waals surface area contributed by atoms with Gasteiger partial charge >= 0.3 is 0 Å². The predicted molar refractivity (Wildman–Crippen MR) is 106 cm³/mol. The lowest BCUT2D eigenvalue weighted by molar-refractivity contribution is 0.0196. The third kappa shape index (κ3) is 3.31. The molecule has 1 aliphatic heterocycles. The average Bonchev–Trinajstić information content (AvgIpc) is 3.18. The first-order valence-electron chi connectivity index (χ1n) is 9.36. The lowest BCUT2D eigenvalue weighted by atomic mass is 9.75. The van der Waals surface area contributed by atoms with Crippen molar-refractivity contribution in [1.82, 2.24) is 4.90 Å². The van der Waals surface area contributed by atoms with E-state index in [0.717, 1.165) is 37.2 Å².